The molecule has 1 fully saturated rings. The van der Waals surface area contributed by atoms with E-state index >= 15 is 0 Å². The van der Waals surface area contributed by atoms with Crippen LogP contribution in [0.2, 0.25) is 0 Å². The van der Waals surface area contributed by atoms with Crippen LogP contribution in [0.4, 0.5) is 5.69 Å². The fourth-order valence-corrected chi connectivity index (χ4v) is 2.72. The summed E-state index contributed by atoms with van der Waals surface area (Å²) >= 11 is 0. The Morgan fingerprint density at radius 1 is 1.17 bits per heavy atom. The number of ether oxygens (including phenoxy) is 2. The van der Waals surface area contributed by atoms with Crippen molar-refractivity contribution in [3.63, 3.8) is 0 Å². The highest BCUT2D eigenvalue weighted by Crippen LogP contribution is 2.28. The summed E-state index contributed by atoms with van der Waals surface area (Å²) in [5.74, 6) is 1.67. The largest absolute Gasteiger partial charge is 0.497 e. The number of piperazine rings is 1. The van der Waals surface area contributed by atoms with Gasteiger partial charge in [0, 0.05) is 45.2 Å². The van der Waals surface area contributed by atoms with Crippen LogP contribution in [-0.4, -0.2) is 69.2 Å². The predicted molar refractivity (Wildman–Crippen MR) is 91.3 cm³/mol. The van der Waals surface area contributed by atoms with E-state index in [4.69, 9.17) is 9.47 Å². The summed E-state index contributed by atoms with van der Waals surface area (Å²) in [6.07, 6.45) is 0.487. The summed E-state index contributed by atoms with van der Waals surface area (Å²) in [6.45, 7) is 7.42. The number of amides is 1. The lowest BCUT2D eigenvalue weighted by atomic mass is 10.2. The summed E-state index contributed by atoms with van der Waals surface area (Å²) in [4.78, 5) is 16.6. The fraction of sp³-hybridized carbons (Fsp3) is 0.588. The molecule has 1 aliphatic heterocycles. The van der Waals surface area contributed by atoms with Crippen molar-refractivity contribution in [3.8, 4) is 11.5 Å². The van der Waals surface area contributed by atoms with Gasteiger partial charge in [0.05, 0.1) is 19.9 Å². The average molecular weight is 321 g/mol. The van der Waals surface area contributed by atoms with E-state index in [1.807, 2.05) is 23.1 Å². The Morgan fingerprint density at radius 2 is 1.91 bits per heavy atom. The number of nitrogens with one attached hydrogen (secondary N) is 1. The van der Waals surface area contributed by atoms with Crippen LogP contribution in [0.25, 0.3) is 0 Å². The molecule has 1 N–H and O–H groups in total. The zero-order valence-electron chi connectivity index (χ0n) is 14.3. The Labute approximate surface area is 138 Å². The molecule has 0 aliphatic carbocycles. The predicted octanol–water partition coefficient (Wildman–Crippen LogP) is 1.67. The number of carbonyl (C=O) groups is 1. The lowest BCUT2D eigenvalue weighted by molar-refractivity contribution is -0.132. The number of hydrogen-bond acceptors (Lipinski definition) is 5. The van der Waals surface area contributed by atoms with Gasteiger partial charge in [-0.1, -0.05) is 6.92 Å². The van der Waals surface area contributed by atoms with Crippen LogP contribution >= 0.6 is 0 Å². The van der Waals surface area contributed by atoms with Gasteiger partial charge in [-0.3, -0.25) is 4.79 Å². The molecule has 0 saturated carbocycles. The van der Waals surface area contributed by atoms with Crippen molar-refractivity contribution >= 4 is 11.6 Å². The Balaban J connectivity index is 1.79. The van der Waals surface area contributed by atoms with E-state index in [2.05, 4.69) is 17.1 Å². The molecule has 1 heterocycles. The van der Waals surface area contributed by atoms with Crippen molar-refractivity contribution in [1.82, 2.24) is 9.80 Å². The molecule has 1 saturated heterocycles. The number of rotatable bonds is 7. The molecular weight excluding hydrogens is 294 g/mol. The summed E-state index contributed by atoms with van der Waals surface area (Å²) in [5.41, 5.74) is 0.872. The number of likely N-dealkylation sites (N-methyl/N-ethyl adjacent to an activating group) is 1. The molecule has 1 aromatic carbocycles. The maximum absolute atomic E-state index is 12.3. The standard InChI is InChI=1S/C17H27N3O3/c1-4-19-9-11-20(12-10-19)17(21)7-8-18-15-6-5-14(22-2)13-16(15)23-3/h5-6,13,18H,4,7-12H2,1-3H3. The van der Waals surface area contributed by atoms with E-state index in [1.54, 1.807) is 14.2 Å². The minimum atomic E-state index is 0.209. The number of carbonyl (C=O) groups excluding carboxylic acids is 1. The maximum atomic E-state index is 12.3. The normalized spacial score (nSPS) is 15.3. The maximum Gasteiger partial charge on any atom is 0.224 e. The molecule has 0 bridgehead atoms. The molecule has 1 amide bonds. The average Bonchev–Trinajstić information content (AvgIpc) is 2.61. The van der Waals surface area contributed by atoms with E-state index in [1.165, 1.54) is 0 Å². The van der Waals surface area contributed by atoms with Crippen molar-refractivity contribution in [2.24, 2.45) is 0 Å². The number of benzene rings is 1. The van der Waals surface area contributed by atoms with Gasteiger partial charge in [-0.2, -0.15) is 0 Å². The molecule has 6 heteroatoms. The Kier molecular flexibility index (Phi) is 6.52. The second-order valence-electron chi connectivity index (χ2n) is 5.56. The van der Waals surface area contributed by atoms with Gasteiger partial charge >= 0.3 is 0 Å². The molecule has 2 rings (SSSR count). The molecule has 0 radical (unpaired) electrons. The molecule has 23 heavy (non-hydrogen) atoms. The van der Waals surface area contributed by atoms with Crippen molar-refractivity contribution < 1.29 is 14.3 Å². The van der Waals surface area contributed by atoms with Gasteiger partial charge in [0.15, 0.2) is 0 Å². The molecule has 0 spiro atoms. The Bertz CT molecular complexity index is 514. The molecule has 0 aromatic heterocycles. The Hall–Kier alpha value is -1.95. The molecular formula is C17H27N3O3. The zero-order chi connectivity index (χ0) is 16.7. The van der Waals surface area contributed by atoms with Crippen molar-refractivity contribution in [2.45, 2.75) is 13.3 Å². The van der Waals surface area contributed by atoms with Crippen LogP contribution in [0.1, 0.15) is 13.3 Å². The van der Waals surface area contributed by atoms with Gasteiger partial charge in [0.25, 0.3) is 0 Å². The first kappa shape index (κ1) is 17.4. The first-order valence-electron chi connectivity index (χ1n) is 8.14. The smallest absolute Gasteiger partial charge is 0.224 e. The summed E-state index contributed by atoms with van der Waals surface area (Å²) in [6, 6.07) is 5.60. The quantitative estimate of drug-likeness (QED) is 0.828. The zero-order valence-corrected chi connectivity index (χ0v) is 14.3. The molecule has 1 aliphatic rings. The van der Waals surface area contributed by atoms with Gasteiger partial charge in [-0.25, -0.2) is 0 Å². The van der Waals surface area contributed by atoms with Crippen LogP contribution in [-0.2, 0) is 4.79 Å². The van der Waals surface area contributed by atoms with Gasteiger partial charge < -0.3 is 24.6 Å². The fourth-order valence-electron chi connectivity index (χ4n) is 2.72. The number of nitrogens with zero attached hydrogens (tertiary/aromatic N) is 2. The molecule has 128 valence electrons. The van der Waals surface area contributed by atoms with E-state index in [-0.39, 0.29) is 5.91 Å². The van der Waals surface area contributed by atoms with Gasteiger partial charge in [0.1, 0.15) is 11.5 Å². The van der Waals surface area contributed by atoms with Crippen molar-refractivity contribution in [2.75, 3.05) is 58.8 Å². The van der Waals surface area contributed by atoms with E-state index in [9.17, 15) is 4.79 Å². The third-order valence-electron chi connectivity index (χ3n) is 4.24. The van der Waals surface area contributed by atoms with E-state index in [0.717, 1.165) is 44.2 Å². The monoisotopic (exact) mass is 321 g/mol. The highest BCUT2D eigenvalue weighted by molar-refractivity contribution is 5.77. The molecule has 1 aromatic rings. The van der Waals surface area contributed by atoms with E-state index in [0.29, 0.717) is 18.7 Å². The summed E-state index contributed by atoms with van der Waals surface area (Å²) < 4.78 is 10.5. The highest BCUT2D eigenvalue weighted by Gasteiger charge is 2.19. The second kappa shape index (κ2) is 8.62. The number of hydrogen-bond donors (Lipinski definition) is 1. The van der Waals surface area contributed by atoms with E-state index < -0.39 is 0 Å². The first-order chi connectivity index (χ1) is 11.2. The van der Waals surface area contributed by atoms with Crippen LogP contribution in [0.15, 0.2) is 18.2 Å². The van der Waals surface area contributed by atoms with Crippen molar-refractivity contribution in [1.29, 1.82) is 0 Å². The van der Waals surface area contributed by atoms with Crippen LogP contribution < -0.4 is 14.8 Å². The third kappa shape index (κ3) is 4.76. The second-order valence-corrected chi connectivity index (χ2v) is 5.56. The molecule has 6 nitrogen and oxygen atoms in total. The number of anilines is 1. The summed E-state index contributed by atoms with van der Waals surface area (Å²) in [5, 5.41) is 3.27. The SMILES string of the molecule is CCN1CCN(C(=O)CCNc2ccc(OC)cc2OC)CC1. The third-order valence-corrected chi connectivity index (χ3v) is 4.24. The van der Waals surface area contributed by atoms with Gasteiger partial charge in [0.2, 0.25) is 5.91 Å². The van der Waals surface area contributed by atoms with Gasteiger partial charge in [-0.05, 0) is 18.7 Å². The Morgan fingerprint density at radius 3 is 2.52 bits per heavy atom. The van der Waals surface area contributed by atoms with Gasteiger partial charge in [-0.15, -0.1) is 0 Å². The van der Waals surface area contributed by atoms with Crippen LogP contribution in [0.3, 0.4) is 0 Å². The molecule has 0 atom stereocenters. The minimum absolute atomic E-state index is 0.209. The van der Waals surface area contributed by atoms with Crippen molar-refractivity contribution in [3.05, 3.63) is 18.2 Å². The highest BCUT2D eigenvalue weighted by atomic mass is 16.5. The van der Waals surface area contributed by atoms with Crippen LogP contribution in [0, 0.1) is 0 Å². The summed E-state index contributed by atoms with van der Waals surface area (Å²) in [7, 11) is 3.25. The topological polar surface area (TPSA) is 54.0 Å². The lowest BCUT2D eigenvalue weighted by Gasteiger charge is -2.34. The minimum Gasteiger partial charge on any atom is -0.497 e. The number of methoxy groups -OCH3 is 2. The molecule has 0 unspecified atom stereocenters. The van der Waals surface area contributed by atoms with Crippen LogP contribution in [0.5, 0.6) is 11.5 Å². The first-order valence-corrected chi connectivity index (χ1v) is 8.14. The lowest BCUT2D eigenvalue weighted by Crippen LogP contribution is -2.48.